The van der Waals surface area contributed by atoms with Gasteiger partial charge < -0.3 is 0 Å². The maximum atomic E-state index is 13.1. The number of aromatic nitrogens is 1. The first-order valence-electron chi connectivity index (χ1n) is 8.60. The van der Waals surface area contributed by atoms with Crippen LogP contribution in [0.25, 0.3) is 11.3 Å². The Hall–Kier alpha value is -2.67. The topological polar surface area (TPSA) is 42.0 Å². The van der Waals surface area contributed by atoms with Crippen molar-refractivity contribution in [1.29, 1.82) is 0 Å². The molecule has 3 rings (SSSR count). The van der Waals surface area contributed by atoms with Gasteiger partial charge in [-0.3, -0.25) is 10.1 Å². The number of halogens is 3. The lowest BCUT2D eigenvalue weighted by Gasteiger charge is -2.18. The van der Waals surface area contributed by atoms with Crippen molar-refractivity contribution >= 4 is 22.4 Å². The summed E-state index contributed by atoms with van der Waals surface area (Å²) in [5, 5.41) is 4.47. The van der Waals surface area contributed by atoms with Crippen LogP contribution in [0.3, 0.4) is 0 Å². The quantitative estimate of drug-likeness (QED) is 0.550. The maximum Gasteiger partial charge on any atom is 0.417 e. The molecule has 1 amide bonds. The number of carbonyl (C=O) groups is 1. The summed E-state index contributed by atoms with van der Waals surface area (Å²) in [6.45, 7) is 6.37. The molecule has 28 heavy (non-hydrogen) atoms. The molecule has 7 heteroatoms. The summed E-state index contributed by atoms with van der Waals surface area (Å²) in [6.07, 6.45) is -4.60. The van der Waals surface area contributed by atoms with Gasteiger partial charge in [-0.25, -0.2) is 4.98 Å². The molecule has 0 aliphatic heterocycles. The highest BCUT2D eigenvalue weighted by molar-refractivity contribution is 7.14. The molecule has 0 bridgehead atoms. The fraction of sp³-hybridized carbons (Fsp3) is 0.238. The van der Waals surface area contributed by atoms with E-state index in [2.05, 4.69) is 31.1 Å². The molecule has 2 aromatic carbocycles. The highest BCUT2D eigenvalue weighted by Crippen LogP contribution is 2.33. The standard InChI is InChI=1S/C21H19F3N2OS/c1-20(2,3)14-10-8-13(9-11-14)17-12-28-19(25-17)26-18(27)15-6-4-5-7-16(15)21(22,23)24/h4-12H,1-3H3,(H,25,26,27). The number of carbonyl (C=O) groups excluding carboxylic acids is 1. The van der Waals surface area contributed by atoms with Crippen LogP contribution in [0.1, 0.15) is 42.3 Å². The third kappa shape index (κ3) is 4.42. The fourth-order valence-corrected chi connectivity index (χ4v) is 3.41. The molecule has 3 aromatic rings. The third-order valence-corrected chi connectivity index (χ3v) is 5.01. The summed E-state index contributed by atoms with van der Waals surface area (Å²) in [4.78, 5) is 16.7. The number of amides is 1. The minimum absolute atomic E-state index is 0.0333. The lowest BCUT2D eigenvalue weighted by Crippen LogP contribution is -2.18. The number of anilines is 1. The smallest absolute Gasteiger partial charge is 0.298 e. The molecule has 0 aliphatic rings. The molecule has 0 aliphatic carbocycles. The van der Waals surface area contributed by atoms with E-state index >= 15 is 0 Å². The minimum atomic E-state index is -4.60. The second-order valence-corrected chi connectivity index (χ2v) is 8.22. The summed E-state index contributed by atoms with van der Waals surface area (Å²) in [5.41, 5.74) is 1.35. The molecule has 0 unspecified atom stereocenters. The lowest BCUT2D eigenvalue weighted by atomic mass is 9.86. The van der Waals surface area contributed by atoms with Crippen molar-refractivity contribution in [2.45, 2.75) is 32.4 Å². The van der Waals surface area contributed by atoms with Crippen molar-refractivity contribution in [2.24, 2.45) is 0 Å². The van der Waals surface area contributed by atoms with Crippen LogP contribution in [0.4, 0.5) is 18.3 Å². The van der Waals surface area contributed by atoms with Crippen LogP contribution >= 0.6 is 11.3 Å². The largest absolute Gasteiger partial charge is 0.417 e. The molecule has 0 fully saturated rings. The first-order chi connectivity index (χ1) is 13.1. The van der Waals surface area contributed by atoms with E-state index in [1.807, 2.05) is 24.3 Å². The first-order valence-corrected chi connectivity index (χ1v) is 9.48. The van der Waals surface area contributed by atoms with Crippen LogP contribution in [0, 0.1) is 0 Å². The Morgan fingerprint density at radius 1 is 1.00 bits per heavy atom. The minimum Gasteiger partial charge on any atom is -0.298 e. The van der Waals surface area contributed by atoms with Crippen molar-refractivity contribution in [3.05, 3.63) is 70.6 Å². The number of hydrogen-bond acceptors (Lipinski definition) is 3. The molecule has 3 nitrogen and oxygen atoms in total. The van der Waals surface area contributed by atoms with Gasteiger partial charge in [-0.15, -0.1) is 11.3 Å². The maximum absolute atomic E-state index is 13.1. The molecule has 0 atom stereocenters. The monoisotopic (exact) mass is 404 g/mol. The highest BCUT2D eigenvalue weighted by Gasteiger charge is 2.35. The van der Waals surface area contributed by atoms with Crippen molar-refractivity contribution in [3.8, 4) is 11.3 Å². The van der Waals surface area contributed by atoms with Gasteiger partial charge in [0, 0.05) is 10.9 Å². The van der Waals surface area contributed by atoms with Gasteiger partial charge in [0.1, 0.15) is 0 Å². The Balaban J connectivity index is 1.80. The average Bonchev–Trinajstić information content (AvgIpc) is 3.09. The zero-order chi connectivity index (χ0) is 20.5. The molecule has 1 aromatic heterocycles. The predicted octanol–water partition coefficient (Wildman–Crippen LogP) is 6.38. The van der Waals surface area contributed by atoms with Gasteiger partial charge >= 0.3 is 6.18 Å². The summed E-state index contributed by atoms with van der Waals surface area (Å²) < 4.78 is 39.3. The number of thiazole rings is 1. The van der Waals surface area contributed by atoms with Gasteiger partial charge in [0.15, 0.2) is 5.13 Å². The molecule has 0 saturated carbocycles. The van der Waals surface area contributed by atoms with E-state index in [0.29, 0.717) is 5.69 Å². The van der Waals surface area contributed by atoms with E-state index in [4.69, 9.17) is 0 Å². The molecule has 146 valence electrons. The van der Waals surface area contributed by atoms with Gasteiger partial charge in [-0.1, -0.05) is 57.2 Å². The molecule has 0 radical (unpaired) electrons. The van der Waals surface area contributed by atoms with Crippen molar-refractivity contribution in [3.63, 3.8) is 0 Å². The number of benzene rings is 2. The lowest BCUT2D eigenvalue weighted by molar-refractivity contribution is -0.137. The SMILES string of the molecule is CC(C)(C)c1ccc(-c2csc(NC(=O)c3ccccc3C(F)(F)F)n2)cc1. The van der Waals surface area contributed by atoms with E-state index in [-0.39, 0.29) is 10.5 Å². The molecule has 0 saturated heterocycles. The summed E-state index contributed by atoms with van der Waals surface area (Å²) in [5.74, 6) is -0.836. The van der Waals surface area contributed by atoms with Crippen LogP contribution in [0.15, 0.2) is 53.9 Å². The average molecular weight is 404 g/mol. The molecular weight excluding hydrogens is 385 g/mol. The molecule has 1 heterocycles. The zero-order valence-electron chi connectivity index (χ0n) is 15.6. The van der Waals surface area contributed by atoms with E-state index in [9.17, 15) is 18.0 Å². The van der Waals surface area contributed by atoms with E-state index in [1.54, 1.807) is 5.38 Å². The van der Waals surface area contributed by atoms with Crippen molar-refractivity contribution in [2.75, 3.05) is 5.32 Å². The first kappa shape index (κ1) is 20.1. The zero-order valence-corrected chi connectivity index (χ0v) is 16.4. The van der Waals surface area contributed by atoms with Gasteiger partial charge in [0.25, 0.3) is 5.91 Å². The van der Waals surface area contributed by atoms with Crippen molar-refractivity contribution < 1.29 is 18.0 Å². The second-order valence-electron chi connectivity index (χ2n) is 7.36. The number of alkyl halides is 3. The summed E-state index contributed by atoms with van der Waals surface area (Å²) in [7, 11) is 0. The van der Waals surface area contributed by atoms with Gasteiger partial charge in [0.2, 0.25) is 0 Å². The second kappa shape index (κ2) is 7.39. The molecule has 0 spiro atoms. The van der Waals surface area contributed by atoms with Gasteiger partial charge in [-0.05, 0) is 23.1 Å². The Morgan fingerprint density at radius 2 is 1.64 bits per heavy atom. The van der Waals surface area contributed by atoms with Crippen LogP contribution in [0.2, 0.25) is 0 Å². The van der Waals surface area contributed by atoms with Gasteiger partial charge in [-0.2, -0.15) is 13.2 Å². The van der Waals surface area contributed by atoms with Crippen molar-refractivity contribution in [1.82, 2.24) is 4.98 Å². The van der Waals surface area contributed by atoms with E-state index in [0.717, 1.165) is 17.7 Å². The number of hydrogen-bond donors (Lipinski definition) is 1. The summed E-state index contributed by atoms with van der Waals surface area (Å²) >= 11 is 1.17. The van der Waals surface area contributed by atoms with Crippen LogP contribution < -0.4 is 5.32 Å². The van der Waals surface area contributed by atoms with E-state index < -0.39 is 23.2 Å². The molecule has 1 N–H and O–H groups in total. The Kier molecular flexibility index (Phi) is 5.30. The normalized spacial score (nSPS) is 12.1. The highest BCUT2D eigenvalue weighted by atomic mass is 32.1. The fourth-order valence-electron chi connectivity index (χ4n) is 2.70. The number of rotatable bonds is 3. The summed E-state index contributed by atoms with van der Waals surface area (Å²) in [6, 6.07) is 12.6. The van der Waals surface area contributed by atoms with Crippen LogP contribution in [0.5, 0.6) is 0 Å². The third-order valence-electron chi connectivity index (χ3n) is 4.25. The van der Waals surface area contributed by atoms with Gasteiger partial charge in [0.05, 0.1) is 16.8 Å². The number of nitrogens with one attached hydrogen (secondary N) is 1. The van der Waals surface area contributed by atoms with Crippen LogP contribution in [-0.4, -0.2) is 10.9 Å². The van der Waals surface area contributed by atoms with E-state index in [1.165, 1.54) is 29.0 Å². The Bertz CT molecular complexity index is 986. The molecular formula is C21H19F3N2OS. The Labute approximate surface area is 165 Å². The van der Waals surface area contributed by atoms with Crippen LogP contribution in [-0.2, 0) is 11.6 Å². The number of nitrogens with zero attached hydrogens (tertiary/aromatic N) is 1. The Morgan fingerprint density at radius 3 is 2.25 bits per heavy atom. The predicted molar refractivity (Wildman–Crippen MR) is 106 cm³/mol.